The maximum atomic E-state index is 13.6. The van der Waals surface area contributed by atoms with Crippen molar-refractivity contribution in [3.05, 3.63) is 81.7 Å². The van der Waals surface area contributed by atoms with Crippen LogP contribution < -0.4 is 10.6 Å². The van der Waals surface area contributed by atoms with Crippen LogP contribution in [0.1, 0.15) is 53.2 Å². The first-order valence-corrected chi connectivity index (χ1v) is 12.8. The molecule has 1 fully saturated rings. The van der Waals surface area contributed by atoms with Gasteiger partial charge < -0.3 is 10.6 Å². The Morgan fingerprint density at radius 3 is 2.41 bits per heavy atom. The Hall–Kier alpha value is -3.63. The molecule has 39 heavy (non-hydrogen) atoms. The zero-order valence-corrected chi connectivity index (χ0v) is 22.2. The molecule has 0 unspecified atom stereocenters. The van der Waals surface area contributed by atoms with Gasteiger partial charge in [0.1, 0.15) is 5.69 Å². The van der Waals surface area contributed by atoms with E-state index in [1.54, 1.807) is 30.3 Å². The van der Waals surface area contributed by atoms with Gasteiger partial charge >= 0.3 is 6.18 Å². The van der Waals surface area contributed by atoms with E-state index in [9.17, 15) is 22.8 Å². The number of hydrogen-bond donors (Lipinski definition) is 2. The van der Waals surface area contributed by atoms with E-state index >= 15 is 0 Å². The van der Waals surface area contributed by atoms with Crippen LogP contribution in [0.25, 0.3) is 16.6 Å². The average Bonchev–Trinajstić information content (AvgIpc) is 3.52. The minimum Gasteiger partial charge on any atom is -0.346 e. The molecular weight excluding hydrogens is 554 g/mol. The van der Waals surface area contributed by atoms with Gasteiger partial charge in [-0.25, -0.2) is 9.67 Å². The fourth-order valence-corrected chi connectivity index (χ4v) is 4.96. The zero-order valence-electron chi connectivity index (χ0n) is 20.7. The number of alkyl halides is 3. The molecule has 1 aliphatic rings. The van der Waals surface area contributed by atoms with Crippen molar-refractivity contribution in [3.63, 3.8) is 0 Å². The number of carbonyl (C=O) groups is 2. The van der Waals surface area contributed by atoms with Crippen molar-refractivity contribution in [2.45, 2.75) is 38.4 Å². The summed E-state index contributed by atoms with van der Waals surface area (Å²) in [5.41, 5.74) is -2.14. The molecule has 2 amide bonds. The number of halogens is 5. The number of aromatic nitrogens is 3. The van der Waals surface area contributed by atoms with Gasteiger partial charge in [0, 0.05) is 23.2 Å². The summed E-state index contributed by atoms with van der Waals surface area (Å²) in [6, 6.07) is 12.1. The third-order valence-electron chi connectivity index (χ3n) is 6.90. The molecule has 0 bridgehead atoms. The molecular formula is C27H22Cl2F3N5O2. The number of fused-ring (bicyclic) bond motifs is 1. The number of rotatable bonds is 6. The molecule has 0 spiro atoms. The first-order valence-electron chi connectivity index (χ1n) is 12.0. The third kappa shape index (κ3) is 5.06. The van der Waals surface area contributed by atoms with Crippen LogP contribution in [0, 0.1) is 5.92 Å². The molecule has 5 rings (SSSR count). The summed E-state index contributed by atoms with van der Waals surface area (Å²) in [6.45, 7) is 4.01. The highest BCUT2D eigenvalue weighted by Crippen LogP contribution is 2.43. The third-order valence-corrected chi connectivity index (χ3v) is 7.59. The standard InChI is InChI=1S/C27H22Cl2F3N5O2/c1-14(2)26(9-10-26)35-24(38)17-12-15-6-3-4-7-16(15)21(29)22(17)34-25(39)19-13-20(27(30,31)32)36-37(19)23-18(28)8-5-11-33-23/h3-8,11-14H,9-10H2,1-2H3,(H,34,39)(H,35,38). The summed E-state index contributed by atoms with van der Waals surface area (Å²) in [4.78, 5) is 31.0. The lowest BCUT2D eigenvalue weighted by molar-refractivity contribution is -0.141. The van der Waals surface area contributed by atoms with E-state index in [1.165, 1.54) is 18.3 Å². The summed E-state index contributed by atoms with van der Waals surface area (Å²) >= 11 is 12.9. The van der Waals surface area contributed by atoms with E-state index in [-0.39, 0.29) is 38.6 Å². The van der Waals surface area contributed by atoms with Crippen LogP contribution >= 0.6 is 23.2 Å². The van der Waals surface area contributed by atoms with Crippen molar-refractivity contribution in [1.29, 1.82) is 0 Å². The van der Waals surface area contributed by atoms with E-state index in [0.29, 0.717) is 21.5 Å². The number of pyridine rings is 1. The molecule has 1 aliphatic carbocycles. The van der Waals surface area contributed by atoms with Crippen LogP contribution in [0.2, 0.25) is 10.0 Å². The van der Waals surface area contributed by atoms with E-state index in [2.05, 4.69) is 20.7 Å². The number of anilines is 1. The molecule has 2 aromatic carbocycles. The van der Waals surface area contributed by atoms with Gasteiger partial charge in [-0.15, -0.1) is 0 Å². The quantitative estimate of drug-likeness (QED) is 0.261. The normalized spacial score (nSPS) is 14.5. The van der Waals surface area contributed by atoms with Crippen LogP contribution in [-0.2, 0) is 6.18 Å². The smallest absolute Gasteiger partial charge is 0.346 e. The van der Waals surface area contributed by atoms with Gasteiger partial charge in [-0.2, -0.15) is 18.3 Å². The van der Waals surface area contributed by atoms with Crippen LogP contribution in [0.15, 0.2) is 54.7 Å². The molecule has 0 atom stereocenters. The summed E-state index contributed by atoms with van der Waals surface area (Å²) in [6.07, 6.45) is -1.92. The first kappa shape index (κ1) is 27.0. The summed E-state index contributed by atoms with van der Waals surface area (Å²) < 4.78 is 41.5. The zero-order chi connectivity index (χ0) is 28.1. The van der Waals surface area contributed by atoms with E-state index in [4.69, 9.17) is 23.2 Å². The fraction of sp³-hybridized carbons (Fsp3) is 0.259. The highest BCUT2D eigenvalue weighted by atomic mass is 35.5. The van der Waals surface area contributed by atoms with Gasteiger partial charge in [0.05, 0.1) is 21.3 Å². The van der Waals surface area contributed by atoms with Gasteiger partial charge in [0.15, 0.2) is 11.5 Å². The maximum Gasteiger partial charge on any atom is 0.435 e. The van der Waals surface area contributed by atoms with Crippen LogP contribution in [0.5, 0.6) is 0 Å². The van der Waals surface area contributed by atoms with Crippen molar-refractivity contribution in [2.24, 2.45) is 5.92 Å². The molecule has 2 aromatic heterocycles. The number of hydrogen-bond acceptors (Lipinski definition) is 4. The Kier molecular flexibility index (Phi) is 6.80. The Morgan fingerprint density at radius 2 is 1.77 bits per heavy atom. The minimum atomic E-state index is -4.84. The molecule has 7 nitrogen and oxygen atoms in total. The lowest BCUT2D eigenvalue weighted by Gasteiger charge is -2.23. The van der Waals surface area contributed by atoms with E-state index in [1.807, 2.05) is 13.8 Å². The Balaban J connectivity index is 1.61. The van der Waals surface area contributed by atoms with Gasteiger partial charge in [0.2, 0.25) is 0 Å². The Bertz CT molecular complexity index is 1610. The molecule has 1 saturated carbocycles. The van der Waals surface area contributed by atoms with Crippen molar-refractivity contribution >= 4 is 51.5 Å². The van der Waals surface area contributed by atoms with Gasteiger partial charge in [0.25, 0.3) is 11.8 Å². The molecule has 202 valence electrons. The number of nitrogens with zero attached hydrogens (tertiary/aromatic N) is 3. The Labute approximate surface area is 231 Å². The van der Waals surface area contributed by atoms with Crippen LogP contribution in [-0.4, -0.2) is 32.1 Å². The second-order valence-electron chi connectivity index (χ2n) is 9.69. The van der Waals surface area contributed by atoms with Crippen molar-refractivity contribution in [1.82, 2.24) is 20.1 Å². The second-order valence-corrected chi connectivity index (χ2v) is 10.5. The van der Waals surface area contributed by atoms with Gasteiger partial charge in [-0.05, 0) is 42.3 Å². The second kappa shape index (κ2) is 9.84. The average molecular weight is 576 g/mol. The molecule has 0 radical (unpaired) electrons. The summed E-state index contributed by atoms with van der Waals surface area (Å²) in [7, 11) is 0. The maximum absolute atomic E-state index is 13.6. The molecule has 12 heteroatoms. The monoisotopic (exact) mass is 575 g/mol. The lowest BCUT2D eigenvalue weighted by Crippen LogP contribution is -2.41. The van der Waals surface area contributed by atoms with Crippen molar-refractivity contribution < 1.29 is 22.8 Å². The summed E-state index contributed by atoms with van der Waals surface area (Å²) in [5.74, 6) is -1.44. The molecule has 4 aromatic rings. The highest BCUT2D eigenvalue weighted by molar-refractivity contribution is 6.40. The fourth-order valence-electron chi connectivity index (χ4n) is 4.43. The number of nitrogens with one attached hydrogen (secondary N) is 2. The lowest BCUT2D eigenvalue weighted by atomic mass is 9.99. The highest BCUT2D eigenvalue weighted by Gasteiger charge is 2.47. The van der Waals surface area contributed by atoms with E-state index in [0.717, 1.165) is 12.8 Å². The molecule has 0 aliphatic heterocycles. The van der Waals surface area contributed by atoms with Gasteiger partial charge in [-0.3, -0.25) is 9.59 Å². The van der Waals surface area contributed by atoms with Crippen molar-refractivity contribution in [3.8, 4) is 5.82 Å². The topological polar surface area (TPSA) is 88.9 Å². The predicted octanol–water partition coefficient (Wildman–Crippen LogP) is 6.92. The first-order chi connectivity index (χ1) is 18.4. The SMILES string of the molecule is CC(C)C1(NC(=O)c2cc3ccccc3c(Cl)c2NC(=O)c2cc(C(F)(F)F)nn2-c2ncccc2Cl)CC1. The van der Waals surface area contributed by atoms with Gasteiger partial charge in [-0.1, -0.05) is 61.3 Å². The van der Waals surface area contributed by atoms with Crippen LogP contribution in [0.3, 0.4) is 0 Å². The number of carbonyl (C=O) groups excluding carboxylic acids is 2. The largest absolute Gasteiger partial charge is 0.435 e. The molecule has 2 N–H and O–H groups in total. The van der Waals surface area contributed by atoms with Crippen LogP contribution in [0.4, 0.5) is 18.9 Å². The Morgan fingerprint density at radius 1 is 1.05 bits per heavy atom. The minimum absolute atomic E-state index is 0.0180. The predicted molar refractivity (Wildman–Crippen MR) is 143 cm³/mol. The number of benzene rings is 2. The summed E-state index contributed by atoms with van der Waals surface area (Å²) in [5, 5.41) is 10.4. The van der Waals surface area contributed by atoms with Crippen molar-refractivity contribution in [2.75, 3.05) is 5.32 Å². The molecule has 0 saturated heterocycles. The number of amides is 2. The molecule has 2 heterocycles. The van der Waals surface area contributed by atoms with E-state index < -0.39 is 29.4 Å².